The molecular formula is C24H21Cl2N7S2. The van der Waals surface area contributed by atoms with Crippen molar-refractivity contribution in [2.75, 3.05) is 43.4 Å². The number of aromatic nitrogens is 4. The summed E-state index contributed by atoms with van der Waals surface area (Å²) in [4.78, 5) is 25.0. The molecule has 0 bridgehead atoms. The first-order valence-corrected chi connectivity index (χ1v) is 13.3. The smallest absolute Gasteiger partial charge is 0.234 e. The molecule has 3 heterocycles. The average Bonchev–Trinajstić information content (AvgIpc) is 3.23. The second-order valence-electron chi connectivity index (χ2n) is 7.83. The maximum atomic E-state index is 6.43. The Morgan fingerprint density at radius 2 is 1.86 bits per heavy atom. The van der Waals surface area contributed by atoms with E-state index in [1.807, 2.05) is 30.3 Å². The van der Waals surface area contributed by atoms with Crippen molar-refractivity contribution < 1.29 is 0 Å². The van der Waals surface area contributed by atoms with Crippen LogP contribution >= 0.6 is 46.3 Å². The van der Waals surface area contributed by atoms with Gasteiger partial charge in [0.15, 0.2) is 10.3 Å². The summed E-state index contributed by atoms with van der Waals surface area (Å²) in [6.45, 7) is 3.64. The normalized spacial score (nSPS) is 16.4. The fourth-order valence-corrected chi connectivity index (χ4v) is 5.59. The van der Waals surface area contributed by atoms with Gasteiger partial charge in [0, 0.05) is 42.3 Å². The molecule has 178 valence electrons. The predicted octanol–water partition coefficient (Wildman–Crippen LogP) is 5.77. The van der Waals surface area contributed by atoms with E-state index in [9.17, 15) is 0 Å². The van der Waals surface area contributed by atoms with Crippen LogP contribution in [0.4, 0.5) is 17.0 Å². The van der Waals surface area contributed by atoms with E-state index in [1.54, 1.807) is 24.4 Å². The van der Waals surface area contributed by atoms with Crippen LogP contribution in [-0.4, -0.2) is 58.1 Å². The highest BCUT2D eigenvalue weighted by molar-refractivity contribution is 7.99. The highest BCUT2D eigenvalue weighted by Crippen LogP contribution is 2.34. The maximum absolute atomic E-state index is 6.43. The molecule has 0 amide bonds. The first-order chi connectivity index (χ1) is 17.0. The Morgan fingerprint density at radius 3 is 2.66 bits per heavy atom. The summed E-state index contributed by atoms with van der Waals surface area (Å²) in [6.07, 6.45) is 6.94. The molecule has 0 atom stereocenters. The van der Waals surface area contributed by atoms with Gasteiger partial charge in [0.25, 0.3) is 0 Å². The van der Waals surface area contributed by atoms with Crippen molar-refractivity contribution in [1.29, 1.82) is 0 Å². The molecule has 35 heavy (non-hydrogen) atoms. The summed E-state index contributed by atoms with van der Waals surface area (Å²) >= 11 is 15.5. The maximum Gasteiger partial charge on any atom is 0.234 e. The van der Waals surface area contributed by atoms with E-state index in [4.69, 9.17) is 33.2 Å². The van der Waals surface area contributed by atoms with Crippen molar-refractivity contribution in [3.05, 3.63) is 75.4 Å². The van der Waals surface area contributed by atoms with Crippen LogP contribution in [0.1, 0.15) is 4.88 Å². The summed E-state index contributed by atoms with van der Waals surface area (Å²) in [6, 6.07) is 10.1. The van der Waals surface area contributed by atoms with E-state index >= 15 is 0 Å². The van der Waals surface area contributed by atoms with Gasteiger partial charge in [-0.05, 0) is 49.2 Å². The van der Waals surface area contributed by atoms with E-state index in [0.717, 1.165) is 41.5 Å². The van der Waals surface area contributed by atoms with E-state index in [2.05, 4.69) is 37.9 Å². The molecular weight excluding hydrogens is 521 g/mol. The van der Waals surface area contributed by atoms with E-state index in [1.165, 1.54) is 23.1 Å². The number of nitrogens with zero attached hydrogens (tertiary/aromatic N) is 6. The first kappa shape index (κ1) is 24.1. The number of piperazine rings is 1. The molecule has 1 aliphatic heterocycles. The van der Waals surface area contributed by atoms with Crippen LogP contribution in [0.3, 0.4) is 0 Å². The molecule has 1 N–H and O–H groups in total. The summed E-state index contributed by atoms with van der Waals surface area (Å²) in [5.41, 5.74) is 3.90. The molecule has 0 saturated carbocycles. The summed E-state index contributed by atoms with van der Waals surface area (Å²) in [7, 11) is 2.12. The number of hydrogen-bond donors (Lipinski definition) is 1. The Bertz CT molecular complexity index is 1340. The van der Waals surface area contributed by atoms with Gasteiger partial charge < -0.3 is 9.80 Å². The monoisotopic (exact) mass is 541 g/mol. The first-order valence-electron chi connectivity index (χ1n) is 10.9. The van der Waals surface area contributed by atoms with Crippen LogP contribution in [0.2, 0.25) is 0 Å². The van der Waals surface area contributed by atoms with Gasteiger partial charge in [-0.15, -0.1) is 5.73 Å². The van der Waals surface area contributed by atoms with Gasteiger partial charge in [0.05, 0.1) is 15.5 Å². The molecule has 0 spiro atoms. The lowest BCUT2D eigenvalue weighted by molar-refractivity contribution is 0.311. The molecule has 2 aliphatic rings. The average molecular weight is 543 g/mol. The molecule has 11 heteroatoms. The van der Waals surface area contributed by atoms with Crippen molar-refractivity contribution >= 4 is 68.9 Å². The van der Waals surface area contributed by atoms with Gasteiger partial charge in [0.2, 0.25) is 11.9 Å². The largest absolute Gasteiger partial charge is 0.338 e. The molecule has 1 aliphatic carbocycles. The minimum Gasteiger partial charge on any atom is -0.338 e. The Morgan fingerprint density at radius 1 is 1.06 bits per heavy atom. The highest BCUT2D eigenvalue weighted by Gasteiger charge is 2.20. The molecule has 3 aromatic rings. The highest BCUT2D eigenvalue weighted by atomic mass is 35.5. The minimum atomic E-state index is 0.449. The SMILES string of the molecule is CN1CCN(c2nc(Nc3ncc(C4=C=CC=C(Cl)C=C4Cl)s3)nc(Sc3ccccc3)n2)CC1. The number of anilines is 3. The van der Waals surface area contributed by atoms with Gasteiger partial charge >= 0.3 is 0 Å². The Kier molecular flexibility index (Phi) is 7.53. The zero-order valence-corrected chi connectivity index (χ0v) is 21.9. The second kappa shape index (κ2) is 11.0. The molecule has 5 rings (SSSR count). The lowest BCUT2D eigenvalue weighted by Gasteiger charge is -2.32. The lowest BCUT2D eigenvalue weighted by Crippen LogP contribution is -2.45. The van der Waals surface area contributed by atoms with Crippen molar-refractivity contribution in [3.63, 3.8) is 0 Å². The third-order valence-corrected chi connectivity index (χ3v) is 7.62. The van der Waals surface area contributed by atoms with Crippen molar-refractivity contribution in [2.24, 2.45) is 0 Å². The molecule has 0 unspecified atom stereocenters. The fourth-order valence-electron chi connectivity index (χ4n) is 3.44. The number of rotatable bonds is 6. The molecule has 7 nitrogen and oxygen atoms in total. The van der Waals surface area contributed by atoms with E-state index < -0.39 is 0 Å². The third-order valence-electron chi connectivity index (χ3n) is 5.29. The Labute approximate surface area is 221 Å². The molecule has 1 fully saturated rings. The zero-order chi connectivity index (χ0) is 24.2. The van der Waals surface area contributed by atoms with Crippen LogP contribution in [-0.2, 0) is 0 Å². The minimum absolute atomic E-state index is 0.449. The van der Waals surface area contributed by atoms with Crippen molar-refractivity contribution in [3.8, 4) is 0 Å². The number of halogens is 2. The van der Waals surface area contributed by atoms with Gasteiger partial charge in [-0.25, -0.2) is 4.98 Å². The number of benzene rings is 1. The molecule has 1 aromatic carbocycles. The molecule has 0 radical (unpaired) electrons. The Hall–Kier alpha value is -2.65. The van der Waals surface area contributed by atoms with Gasteiger partial charge in [-0.1, -0.05) is 52.7 Å². The van der Waals surface area contributed by atoms with Crippen LogP contribution < -0.4 is 10.2 Å². The van der Waals surface area contributed by atoms with Gasteiger partial charge in [-0.3, -0.25) is 5.32 Å². The number of likely N-dealkylation sites (N-methyl/N-ethyl adjacent to an activating group) is 1. The van der Waals surface area contributed by atoms with Gasteiger partial charge in [-0.2, -0.15) is 15.0 Å². The summed E-state index contributed by atoms with van der Waals surface area (Å²) in [5.74, 6) is 1.11. The fraction of sp³-hybridized carbons (Fsp3) is 0.208. The van der Waals surface area contributed by atoms with Crippen LogP contribution in [0, 0.1) is 0 Å². The van der Waals surface area contributed by atoms with E-state index in [-0.39, 0.29) is 0 Å². The standard InChI is InChI=1S/C24H21Cl2N7S2/c1-32-10-12-33(13-11-32)22-28-21(30-24(31-22)34-17-7-3-2-4-8-17)29-23-27-15-20(35-23)18-9-5-6-16(25)14-19(18)26/h2-8,14-15H,10-13H2,1H3,(H,27,28,29,30,31). The number of allylic oxidation sites excluding steroid dienone is 5. The topological polar surface area (TPSA) is 70.1 Å². The van der Waals surface area contributed by atoms with Crippen LogP contribution in [0.5, 0.6) is 0 Å². The Balaban J connectivity index is 1.42. The zero-order valence-electron chi connectivity index (χ0n) is 18.8. The van der Waals surface area contributed by atoms with Crippen LogP contribution in [0.15, 0.2) is 80.6 Å². The van der Waals surface area contributed by atoms with Crippen molar-refractivity contribution in [1.82, 2.24) is 24.8 Å². The summed E-state index contributed by atoms with van der Waals surface area (Å²) < 4.78 is 0. The number of nitrogens with one attached hydrogen (secondary N) is 1. The van der Waals surface area contributed by atoms with Gasteiger partial charge in [0.1, 0.15) is 0 Å². The summed E-state index contributed by atoms with van der Waals surface area (Å²) in [5, 5.41) is 5.59. The van der Waals surface area contributed by atoms with E-state index in [0.29, 0.717) is 32.2 Å². The molecule has 1 saturated heterocycles. The lowest BCUT2D eigenvalue weighted by atomic mass is 10.2. The second-order valence-corrected chi connectivity index (χ2v) is 10.7. The molecule has 2 aromatic heterocycles. The quantitative estimate of drug-likeness (QED) is 0.394. The number of thiazole rings is 1. The predicted molar refractivity (Wildman–Crippen MR) is 145 cm³/mol. The number of hydrogen-bond acceptors (Lipinski definition) is 9. The van der Waals surface area contributed by atoms with Crippen LogP contribution in [0.25, 0.3) is 5.57 Å². The van der Waals surface area contributed by atoms with Crippen molar-refractivity contribution in [2.45, 2.75) is 10.1 Å². The third kappa shape index (κ3) is 6.13.